The number of halogens is 1. The van der Waals surface area contributed by atoms with Crippen LogP contribution in [0.1, 0.15) is 12.8 Å². The topological polar surface area (TPSA) is 128 Å². The Morgan fingerprint density at radius 3 is 2.62 bits per heavy atom. The van der Waals surface area contributed by atoms with E-state index < -0.39 is 21.6 Å². The molecule has 1 aromatic carbocycles. The molecule has 0 saturated carbocycles. The number of hydrogen-bond acceptors (Lipinski definition) is 8. The minimum absolute atomic E-state index is 0.00732. The van der Waals surface area contributed by atoms with E-state index in [2.05, 4.69) is 20.7 Å². The number of carbonyl (C=O) groups excluding carboxylic acids is 1. The molecule has 2 aromatic heterocycles. The summed E-state index contributed by atoms with van der Waals surface area (Å²) in [4.78, 5) is 11.9. The number of anilines is 1. The van der Waals surface area contributed by atoms with Crippen molar-refractivity contribution in [3.8, 4) is 11.7 Å². The van der Waals surface area contributed by atoms with Gasteiger partial charge < -0.3 is 8.94 Å². The fourth-order valence-corrected chi connectivity index (χ4v) is 3.37. The Balaban J connectivity index is 1.50. The Morgan fingerprint density at radius 2 is 1.92 bits per heavy atom. The van der Waals surface area contributed by atoms with Crippen molar-refractivity contribution in [1.29, 1.82) is 0 Å². The molecule has 0 aliphatic heterocycles. The molecule has 0 unspecified atom stereocenters. The number of carbonyl (C=O) groups is 1. The summed E-state index contributed by atoms with van der Waals surface area (Å²) in [6.07, 6.45) is 1.41. The second-order valence-electron chi connectivity index (χ2n) is 5.21. The molecule has 136 valence electrons. The third-order valence-corrected chi connectivity index (χ3v) is 5.13. The first kappa shape index (κ1) is 17.7. The molecule has 1 amide bonds. The average molecular weight is 380 g/mol. The van der Waals surface area contributed by atoms with Gasteiger partial charge in [0.25, 0.3) is 5.89 Å². The smallest absolute Gasteiger partial charge is 0.322 e. The summed E-state index contributed by atoms with van der Waals surface area (Å²) in [7, 11) is -3.59. The number of hydrogen-bond donors (Lipinski definition) is 1. The van der Waals surface area contributed by atoms with E-state index in [9.17, 15) is 17.6 Å². The predicted molar refractivity (Wildman–Crippen MR) is 86.1 cm³/mol. The Bertz CT molecular complexity index is 983. The molecule has 0 saturated heterocycles. The molecule has 0 spiro atoms. The van der Waals surface area contributed by atoms with Gasteiger partial charge in [-0.1, -0.05) is 10.3 Å². The van der Waals surface area contributed by atoms with Gasteiger partial charge in [-0.05, 0) is 30.7 Å². The number of benzene rings is 1. The zero-order valence-electron chi connectivity index (χ0n) is 13.3. The lowest BCUT2D eigenvalue weighted by molar-refractivity contribution is -0.116. The van der Waals surface area contributed by atoms with E-state index in [1.807, 2.05) is 0 Å². The molecule has 0 radical (unpaired) electrons. The maximum atomic E-state index is 12.9. The van der Waals surface area contributed by atoms with Gasteiger partial charge in [0.05, 0.1) is 16.8 Å². The molecular weight excluding hydrogens is 367 g/mol. The van der Waals surface area contributed by atoms with Gasteiger partial charge in [-0.25, -0.2) is 12.8 Å². The van der Waals surface area contributed by atoms with Crippen molar-refractivity contribution in [3.05, 3.63) is 42.3 Å². The summed E-state index contributed by atoms with van der Waals surface area (Å²) in [5.41, 5.74) is 0. The molecule has 0 aliphatic carbocycles. The summed E-state index contributed by atoms with van der Waals surface area (Å²) in [6, 6.07) is 5.90. The van der Waals surface area contributed by atoms with Crippen molar-refractivity contribution in [3.63, 3.8) is 0 Å². The molecular formula is C15H13FN4O5S. The molecule has 3 rings (SSSR count). The van der Waals surface area contributed by atoms with Crippen LogP contribution in [0.2, 0.25) is 0 Å². The molecule has 0 atom stereocenters. The first-order valence-corrected chi connectivity index (χ1v) is 9.12. The Kier molecular flexibility index (Phi) is 5.07. The highest BCUT2D eigenvalue weighted by Crippen LogP contribution is 2.19. The maximum Gasteiger partial charge on any atom is 0.322 e. The molecule has 3 aromatic rings. The first-order chi connectivity index (χ1) is 12.4. The number of nitrogens with zero attached hydrogens (tertiary/aromatic N) is 3. The Hall–Kier alpha value is -3.08. The highest BCUT2D eigenvalue weighted by molar-refractivity contribution is 7.91. The lowest BCUT2D eigenvalue weighted by Gasteiger charge is -2.04. The zero-order chi connectivity index (χ0) is 18.6. The lowest BCUT2D eigenvalue weighted by atomic mass is 10.3. The van der Waals surface area contributed by atoms with Gasteiger partial charge in [-0.3, -0.25) is 10.1 Å². The van der Waals surface area contributed by atoms with Crippen LogP contribution in [0.25, 0.3) is 11.7 Å². The van der Waals surface area contributed by atoms with Crippen LogP contribution in [0, 0.1) is 5.82 Å². The van der Waals surface area contributed by atoms with Crippen molar-refractivity contribution < 1.29 is 26.5 Å². The monoisotopic (exact) mass is 380 g/mol. The number of rotatable bonds is 7. The lowest BCUT2D eigenvalue weighted by Crippen LogP contribution is -2.14. The van der Waals surface area contributed by atoms with Crippen molar-refractivity contribution >= 4 is 21.8 Å². The maximum absolute atomic E-state index is 12.9. The van der Waals surface area contributed by atoms with Crippen molar-refractivity contribution in [2.75, 3.05) is 11.1 Å². The van der Waals surface area contributed by atoms with Crippen molar-refractivity contribution in [2.24, 2.45) is 0 Å². The number of sulfone groups is 1. The van der Waals surface area contributed by atoms with Gasteiger partial charge in [-0.2, -0.15) is 0 Å². The van der Waals surface area contributed by atoms with Crippen molar-refractivity contribution in [2.45, 2.75) is 17.7 Å². The second-order valence-corrected chi connectivity index (χ2v) is 7.32. The minimum Gasteiger partial charge on any atom is -0.400 e. The Morgan fingerprint density at radius 1 is 1.15 bits per heavy atom. The molecule has 0 bridgehead atoms. The van der Waals surface area contributed by atoms with E-state index in [0.717, 1.165) is 12.1 Å². The third kappa shape index (κ3) is 4.30. The van der Waals surface area contributed by atoms with Gasteiger partial charge >= 0.3 is 6.01 Å². The van der Waals surface area contributed by atoms with Gasteiger partial charge in [0.2, 0.25) is 11.7 Å². The number of aromatic nitrogens is 3. The van der Waals surface area contributed by atoms with Gasteiger partial charge in [0.15, 0.2) is 9.84 Å². The SMILES string of the molecule is O=C(CCCS(=O)(=O)c1ccc(F)cc1)Nc1nnc(-c2ccno2)o1. The van der Waals surface area contributed by atoms with Crippen LogP contribution in [0.3, 0.4) is 0 Å². The van der Waals surface area contributed by atoms with Crippen LogP contribution in [-0.4, -0.2) is 35.4 Å². The molecule has 1 N–H and O–H groups in total. The van der Waals surface area contributed by atoms with Gasteiger partial charge in [0, 0.05) is 12.5 Å². The highest BCUT2D eigenvalue weighted by Gasteiger charge is 2.17. The van der Waals surface area contributed by atoms with E-state index in [0.29, 0.717) is 0 Å². The van der Waals surface area contributed by atoms with E-state index in [1.165, 1.54) is 24.4 Å². The zero-order valence-corrected chi connectivity index (χ0v) is 14.1. The van der Waals surface area contributed by atoms with Crippen LogP contribution >= 0.6 is 0 Å². The molecule has 2 heterocycles. The highest BCUT2D eigenvalue weighted by atomic mass is 32.2. The molecule has 26 heavy (non-hydrogen) atoms. The number of amides is 1. The largest absolute Gasteiger partial charge is 0.400 e. The van der Waals surface area contributed by atoms with Gasteiger partial charge in [-0.15, -0.1) is 5.10 Å². The van der Waals surface area contributed by atoms with Crippen LogP contribution in [0.5, 0.6) is 0 Å². The molecule has 11 heteroatoms. The van der Waals surface area contributed by atoms with E-state index in [1.54, 1.807) is 0 Å². The predicted octanol–water partition coefficient (Wildman–Crippen LogP) is 2.06. The first-order valence-electron chi connectivity index (χ1n) is 7.47. The molecule has 9 nitrogen and oxygen atoms in total. The van der Waals surface area contributed by atoms with E-state index in [4.69, 9.17) is 8.94 Å². The second kappa shape index (κ2) is 7.44. The minimum atomic E-state index is -3.59. The van der Waals surface area contributed by atoms with E-state index in [-0.39, 0.29) is 41.2 Å². The van der Waals surface area contributed by atoms with Gasteiger partial charge in [0.1, 0.15) is 5.82 Å². The van der Waals surface area contributed by atoms with Crippen LogP contribution in [0.15, 0.2) is 50.4 Å². The fraction of sp³-hybridized carbons (Fsp3) is 0.200. The molecule has 0 aliphatic rings. The van der Waals surface area contributed by atoms with Crippen LogP contribution in [-0.2, 0) is 14.6 Å². The summed E-state index contributed by atoms with van der Waals surface area (Å²) in [6.45, 7) is 0. The van der Waals surface area contributed by atoms with Crippen LogP contribution < -0.4 is 5.32 Å². The third-order valence-electron chi connectivity index (χ3n) is 3.31. The summed E-state index contributed by atoms with van der Waals surface area (Å²) < 4.78 is 47.1. The Labute approximate surface area is 147 Å². The normalized spacial score (nSPS) is 11.4. The summed E-state index contributed by atoms with van der Waals surface area (Å²) >= 11 is 0. The summed E-state index contributed by atoms with van der Waals surface area (Å²) in [5.74, 6) is -0.945. The number of nitrogens with one attached hydrogen (secondary N) is 1. The quantitative estimate of drug-likeness (QED) is 0.617. The average Bonchev–Trinajstić information content (AvgIpc) is 3.26. The van der Waals surface area contributed by atoms with E-state index >= 15 is 0 Å². The summed E-state index contributed by atoms with van der Waals surface area (Å²) in [5, 5.41) is 13.2. The standard InChI is InChI=1S/C15H13FN4O5S/c16-10-3-5-11(6-4-10)26(22,23)9-1-2-13(21)18-15-20-19-14(24-15)12-7-8-17-25-12/h3-8H,1-2,9H2,(H,18,20,21). The fourth-order valence-electron chi connectivity index (χ4n) is 2.06. The van der Waals surface area contributed by atoms with Crippen molar-refractivity contribution in [1.82, 2.24) is 15.4 Å². The van der Waals surface area contributed by atoms with Crippen LogP contribution in [0.4, 0.5) is 10.4 Å². The molecule has 0 fully saturated rings.